The van der Waals surface area contributed by atoms with Crippen molar-refractivity contribution in [3.63, 3.8) is 0 Å². The minimum Gasteiger partial charge on any atom is -0.297 e. The second-order valence-electron chi connectivity index (χ2n) is 6.26. The Morgan fingerprint density at radius 2 is 1.88 bits per heavy atom. The van der Waals surface area contributed by atoms with Crippen LogP contribution in [0.2, 0.25) is 0 Å². The summed E-state index contributed by atoms with van der Waals surface area (Å²) in [4.78, 5) is 15.7. The van der Waals surface area contributed by atoms with E-state index in [9.17, 15) is 4.39 Å². The van der Waals surface area contributed by atoms with E-state index in [1.165, 1.54) is 6.07 Å². The highest BCUT2D eigenvalue weighted by Gasteiger charge is 2.19. The van der Waals surface area contributed by atoms with E-state index < -0.39 is 0 Å². The monoisotopic (exact) mass is 334 g/mol. The number of rotatable bonds is 3. The molecular formula is C20H19FN4. The topological polar surface area (TPSA) is 41.9 Å². The molecule has 4 rings (SSSR count). The molecule has 3 heterocycles. The van der Waals surface area contributed by atoms with Gasteiger partial charge in [-0.25, -0.2) is 14.4 Å². The van der Waals surface area contributed by atoms with Gasteiger partial charge in [0, 0.05) is 49.1 Å². The van der Waals surface area contributed by atoms with Crippen molar-refractivity contribution in [3.05, 3.63) is 77.8 Å². The van der Waals surface area contributed by atoms with E-state index in [0.717, 1.165) is 60.7 Å². The van der Waals surface area contributed by atoms with Gasteiger partial charge in [-0.05, 0) is 30.7 Å². The Hall–Kier alpha value is -2.66. The van der Waals surface area contributed by atoms with Crippen LogP contribution in [-0.2, 0) is 19.4 Å². The molecule has 0 saturated carbocycles. The lowest BCUT2D eigenvalue weighted by atomic mass is 10.0. The fraction of sp³-hybridized carbons (Fsp3) is 0.250. The van der Waals surface area contributed by atoms with E-state index in [-0.39, 0.29) is 5.82 Å². The fourth-order valence-electron chi connectivity index (χ4n) is 3.34. The number of hydrogen-bond acceptors (Lipinski definition) is 4. The van der Waals surface area contributed by atoms with Crippen molar-refractivity contribution < 1.29 is 4.39 Å². The maximum atomic E-state index is 13.6. The van der Waals surface area contributed by atoms with Gasteiger partial charge in [-0.15, -0.1) is 0 Å². The van der Waals surface area contributed by atoms with Gasteiger partial charge in [-0.3, -0.25) is 9.88 Å². The number of hydrogen-bond donors (Lipinski definition) is 0. The number of benzene rings is 1. The number of nitrogens with zero attached hydrogens (tertiary/aromatic N) is 4. The molecule has 1 aliphatic rings. The summed E-state index contributed by atoms with van der Waals surface area (Å²) in [6.07, 6.45) is 5.14. The normalized spacial score (nSPS) is 14.8. The van der Waals surface area contributed by atoms with Gasteiger partial charge >= 0.3 is 0 Å². The van der Waals surface area contributed by atoms with E-state index in [1.54, 1.807) is 18.5 Å². The average molecular weight is 334 g/mol. The minimum atomic E-state index is -0.240. The Bertz CT molecular complexity index is 867. The first-order valence-electron chi connectivity index (χ1n) is 8.50. The molecule has 126 valence electrons. The zero-order chi connectivity index (χ0) is 17.1. The highest BCUT2D eigenvalue weighted by atomic mass is 19.1. The zero-order valence-electron chi connectivity index (χ0n) is 13.9. The maximum Gasteiger partial charge on any atom is 0.123 e. The van der Waals surface area contributed by atoms with Crippen LogP contribution in [0.5, 0.6) is 0 Å². The maximum absolute atomic E-state index is 13.6. The molecule has 0 saturated heterocycles. The third-order valence-corrected chi connectivity index (χ3v) is 4.59. The second kappa shape index (κ2) is 7.07. The number of pyridine rings is 1. The molecule has 2 aromatic heterocycles. The Labute approximate surface area is 146 Å². The van der Waals surface area contributed by atoms with Crippen molar-refractivity contribution in [3.8, 4) is 11.3 Å². The minimum absolute atomic E-state index is 0.240. The van der Waals surface area contributed by atoms with E-state index in [0.29, 0.717) is 0 Å². The summed E-state index contributed by atoms with van der Waals surface area (Å²) < 4.78 is 13.6. The molecule has 0 aliphatic carbocycles. The van der Waals surface area contributed by atoms with Gasteiger partial charge in [0.2, 0.25) is 0 Å². The quantitative estimate of drug-likeness (QED) is 0.737. The molecule has 0 fully saturated rings. The molecule has 25 heavy (non-hydrogen) atoms. The molecule has 4 nitrogen and oxygen atoms in total. The molecular weight excluding hydrogens is 315 g/mol. The third-order valence-electron chi connectivity index (χ3n) is 4.59. The van der Waals surface area contributed by atoms with Crippen LogP contribution in [0.1, 0.15) is 17.0 Å². The van der Waals surface area contributed by atoms with Crippen molar-refractivity contribution >= 4 is 0 Å². The Balaban J connectivity index is 1.58. The Kier molecular flexibility index (Phi) is 4.48. The lowest BCUT2D eigenvalue weighted by molar-refractivity contribution is 0.275. The Morgan fingerprint density at radius 3 is 2.72 bits per heavy atom. The highest BCUT2D eigenvalue weighted by molar-refractivity contribution is 5.64. The van der Waals surface area contributed by atoms with E-state index in [1.807, 2.05) is 24.4 Å². The van der Waals surface area contributed by atoms with Crippen LogP contribution in [0.25, 0.3) is 11.3 Å². The molecule has 3 aromatic rings. The molecule has 1 aliphatic heterocycles. The molecule has 0 bridgehead atoms. The molecule has 1 aromatic carbocycles. The molecule has 0 amide bonds. The number of halogens is 1. The molecule has 0 unspecified atom stereocenters. The summed E-state index contributed by atoms with van der Waals surface area (Å²) in [7, 11) is 0. The highest BCUT2D eigenvalue weighted by Crippen LogP contribution is 2.26. The van der Waals surface area contributed by atoms with Crippen LogP contribution in [0.15, 0.2) is 55.0 Å². The SMILES string of the molecule is Fc1cccc(-c2ncnc3c2CCN(Cc2ccccn2)CC3)c1. The zero-order valence-corrected chi connectivity index (χ0v) is 13.9. The van der Waals surface area contributed by atoms with Gasteiger partial charge in [0.05, 0.1) is 11.4 Å². The lowest BCUT2D eigenvalue weighted by Gasteiger charge is -2.18. The molecule has 0 atom stereocenters. The summed E-state index contributed by atoms with van der Waals surface area (Å²) in [5, 5.41) is 0. The van der Waals surface area contributed by atoms with Crippen molar-refractivity contribution in [1.29, 1.82) is 0 Å². The first kappa shape index (κ1) is 15.8. The standard InChI is InChI=1S/C20H19FN4/c21-16-5-3-4-15(12-16)20-18-7-10-25(11-8-19(18)23-14-24-20)13-17-6-1-2-9-22-17/h1-6,9,12,14H,7-8,10-11,13H2. The summed E-state index contributed by atoms with van der Waals surface area (Å²) in [5.74, 6) is -0.240. The first-order chi connectivity index (χ1) is 12.3. The van der Waals surface area contributed by atoms with E-state index in [4.69, 9.17) is 0 Å². The van der Waals surface area contributed by atoms with E-state index in [2.05, 4.69) is 25.9 Å². The van der Waals surface area contributed by atoms with Gasteiger partial charge < -0.3 is 0 Å². The predicted molar refractivity (Wildman–Crippen MR) is 94.3 cm³/mol. The van der Waals surface area contributed by atoms with Gasteiger partial charge in [0.15, 0.2) is 0 Å². The number of fused-ring (bicyclic) bond motifs is 1. The Morgan fingerprint density at radius 1 is 0.960 bits per heavy atom. The molecule has 0 N–H and O–H groups in total. The smallest absolute Gasteiger partial charge is 0.123 e. The molecule has 5 heteroatoms. The summed E-state index contributed by atoms with van der Waals surface area (Å²) in [5.41, 5.74) is 4.94. The van der Waals surface area contributed by atoms with Crippen LogP contribution in [0, 0.1) is 5.82 Å². The first-order valence-corrected chi connectivity index (χ1v) is 8.50. The predicted octanol–water partition coefficient (Wildman–Crippen LogP) is 3.28. The van der Waals surface area contributed by atoms with Crippen LogP contribution >= 0.6 is 0 Å². The number of aromatic nitrogens is 3. The van der Waals surface area contributed by atoms with Crippen LogP contribution in [0.4, 0.5) is 4.39 Å². The summed E-state index contributed by atoms with van der Waals surface area (Å²) >= 11 is 0. The van der Waals surface area contributed by atoms with Gasteiger partial charge in [-0.2, -0.15) is 0 Å². The van der Waals surface area contributed by atoms with Crippen LogP contribution < -0.4 is 0 Å². The second-order valence-corrected chi connectivity index (χ2v) is 6.26. The third kappa shape index (κ3) is 3.56. The molecule has 0 spiro atoms. The lowest BCUT2D eigenvalue weighted by Crippen LogP contribution is -2.26. The largest absolute Gasteiger partial charge is 0.297 e. The molecule has 0 radical (unpaired) electrons. The summed E-state index contributed by atoms with van der Waals surface area (Å²) in [6.45, 7) is 2.68. The van der Waals surface area contributed by atoms with Crippen molar-refractivity contribution in [2.75, 3.05) is 13.1 Å². The van der Waals surface area contributed by atoms with E-state index >= 15 is 0 Å². The summed E-state index contributed by atoms with van der Waals surface area (Å²) in [6, 6.07) is 12.6. The van der Waals surface area contributed by atoms with Gasteiger partial charge in [0.1, 0.15) is 12.1 Å². The average Bonchev–Trinajstić information content (AvgIpc) is 2.85. The van der Waals surface area contributed by atoms with Crippen LogP contribution in [0.3, 0.4) is 0 Å². The van der Waals surface area contributed by atoms with Gasteiger partial charge in [0.25, 0.3) is 0 Å². The van der Waals surface area contributed by atoms with Crippen molar-refractivity contribution in [2.45, 2.75) is 19.4 Å². The van der Waals surface area contributed by atoms with Crippen molar-refractivity contribution in [2.24, 2.45) is 0 Å². The fourth-order valence-corrected chi connectivity index (χ4v) is 3.34. The van der Waals surface area contributed by atoms with Crippen molar-refractivity contribution in [1.82, 2.24) is 19.9 Å². The van der Waals surface area contributed by atoms with Gasteiger partial charge in [-0.1, -0.05) is 18.2 Å². The van der Waals surface area contributed by atoms with Crippen LogP contribution in [-0.4, -0.2) is 32.9 Å².